The molecule has 0 fully saturated rings. The molecule has 1 heterocycles. The Morgan fingerprint density at radius 1 is 1.15 bits per heavy atom. The molecule has 0 spiro atoms. The van der Waals surface area contributed by atoms with Crippen LogP contribution in [0.5, 0.6) is 0 Å². The van der Waals surface area contributed by atoms with Gasteiger partial charge in [-0.15, -0.1) is 0 Å². The number of hydrogen-bond acceptors (Lipinski definition) is 1. The van der Waals surface area contributed by atoms with Crippen LogP contribution in [0.25, 0.3) is 0 Å². The fourth-order valence-corrected chi connectivity index (χ4v) is 1.70. The van der Waals surface area contributed by atoms with Gasteiger partial charge in [-0.05, 0) is 12.8 Å². The lowest BCUT2D eigenvalue weighted by Crippen LogP contribution is -2.36. The van der Waals surface area contributed by atoms with Crippen LogP contribution in [0.2, 0.25) is 0 Å². The van der Waals surface area contributed by atoms with Crippen LogP contribution in [-0.2, 0) is 12.8 Å². The molecule has 13 heavy (non-hydrogen) atoms. The second kappa shape index (κ2) is 3.50. The van der Waals surface area contributed by atoms with Crippen LogP contribution in [-0.4, -0.2) is 31.3 Å². The Balaban J connectivity index is 3.20. The molecular formula is C10H20N3+. The molecule has 0 unspecified atom stereocenters. The Kier molecular flexibility index (Phi) is 2.76. The van der Waals surface area contributed by atoms with Gasteiger partial charge in [0.2, 0.25) is 0 Å². The third-order valence-electron chi connectivity index (χ3n) is 2.24. The van der Waals surface area contributed by atoms with E-state index in [1.807, 2.05) is 0 Å². The zero-order valence-corrected chi connectivity index (χ0v) is 9.31. The molecule has 74 valence electrons. The van der Waals surface area contributed by atoms with Crippen molar-refractivity contribution in [3.05, 3.63) is 11.4 Å². The molecule has 0 saturated carbocycles. The van der Waals surface area contributed by atoms with Gasteiger partial charge in [0.15, 0.2) is 5.69 Å². The van der Waals surface area contributed by atoms with E-state index in [9.17, 15) is 0 Å². The van der Waals surface area contributed by atoms with Crippen molar-refractivity contribution >= 4 is 5.69 Å². The van der Waals surface area contributed by atoms with E-state index in [0.29, 0.717) is 0 Å². The first kappa shape index (κ1) is 10.3. The highest BCUT2D eigenvalue weighted by molar-refractivity contribution is 5.50. The Morgan fingerprint density at radius 3 is 2.15 bits per heavy atom. The number of rotatable bonds is 3. The smallest absolute Gasteiger partial charge is 0.176 e. The zero-order valence-electron chi connectivity index (χ0n) is 9.31. The van der Waals surface area contributed by atoms with Gasteiger partial charge in [-0.25, -0.2) is 0 Å². The van der Waals surface area contributed by atoms with Gasteiger partial charge < -0.3 is 0 Å². The lowest BCUT2D eigenvalue weighted by molar-refractivity contribution is 0.479. The number of quaternary nitrogens is 1. The van der Waals surface area contributed by atoms with Crippen molar-refractivity contribution in [2.75, 3.05) is 21.1 Å². The molecule has 1 N–H and O–H groups in total. The summed E-state index contributed by atoms with van der Waals surface area (Å²) in [6.07, 6.45) is 2.03. The normalized spacial score (nSPS) is 12.1. The predicted octanol–water partition coefficient (Wildman–Crippen LogP) is 1.73. The summed E-state index contributed by atoms with van der Waals surface area (Å²) in [5.74, 6) is 0. The summed E-state index contributed by atoms with van der Waals surface area (Å²) in [6.45, 7) is 4.31. The first-order valence-corrected chi connectivity index (χ1v) is 4.88. The minimum absolute atomic E-state index is 0.850. The van der Waals surface area contributed by atoms with E-state index >= 15 is 0 Å². The molecule has 1 aromatic rings. The van der Waals surface area contributed by atoms with Gasteiger partial charge in [0.1, 0.15) is 5.69 Å². The quantitative estimate of drug-likeness (QED) is 0.709. The monoisotopic (exact) mass is 182 g/mol. The summed E-state index contributed by atoms with van der Waals surface area (Å²) < 4.78 is 0.850. The van der Waals surface area contributed by atoms with Crippen molar-refractivity contribution in [3.63, 3.8) is 0 Å². The molecule has 1 aromatic heterocycles. The molecule has 0 aromatic carbocycles. The van der Waals surface area contributed by atoms with Crippen LogP contribution in [0.3, 0.4) is 0 Å². The van der Waals surface area contributed by atoms with E-state index < -0.39 is 0 Å². The van der Waals surface area contributed by atoms with Crippen molar-refractivity contribution in [3.8, 4) is 0 Å². The maximum absolute atomic E-state index is 4.33. The predicted molar refractivity (Wildman–Crippen MR) is 56.9 cm³/mol. The van der Waals surface area contributed by atoms with E-state index in [2.05, 4.69) is 45.2 Å². The summed E-state index contributed by atoms with van der Waals surface area (Å²) in [4.78, 5) is 0. The Morgan fingerprint density at radius 2 is 1.77 bits per heavy atom. The number of aromatic nitrogens is 2. The summed E-state index contributed by atoms with van der Waals surface area (Å²) in [6, 6.07) is 0. The van der Waals surface area contributed by atoms with Crippen LogP contribution >= 0.6 is 0 Å². The number of aryl methyl sites for hydroxylation is 2. The Hall–Kier alpha value is -0.830. The number of nitrogens with zero attached hydrogens (tertiary/aromatic N) is 2. The third-order valence-corrected chi connectivity index (χ3v) is 2.24. The van der Waals surface area contributed by atoms with E-state index in [-0.39, 0.29) is 0 Å². The first-order valence-electron chi connectivity index (χ1n) is 4.88. The highest BCUT2D eigenvalue weighted by atomic mass is 15.3. The molecule has 0 bridgehead atoms. The van der Waals surface area contributed by atoms with Crippen molar-refractivity contribution in [1.29, 1.82) is 0 Å². The first-order chi connectivity index (χ1) is 6.00. The van der Waals surface area contributed by atoms with E-state index in [1.165, 1.54) is 17.1 Å². The van der Waals surface area contributed by atoms with Gasteiger partial charge >= 0.3 is 0 Å². The highest BCUT2D eigenvalue weighted by Crippen LogP contribution is 2.26. The zero-order chi connectivity index (χ0) is 10.1. The summed E-state index contributed by atoms with van der Waals surface area (Å²) in [5.41, 5.74) is 3.82. The maximum Gasteiger partial charge on any atom is 0.176 e. The van der Waals surface area contributed by atoms with Crippen LogP contribution in [0.15, 0.2) is 0 Å². The minimum Gasteiger partial charge on any atom is -0.295 e. The number of aromatic amines is 1. The van der Waals surface area contributed by atoms with Gasteiger partial charge in [0.05, 0.1) is 26.8 Å². The fourth-order valence-electron chi connectivity index (χ4n) is 1.70. The molecule has 0 aliphatic rings. The van der Waals surface area contributed by atoms with E-state index in [1.54, 1.807) is 0 Å². The van der Waals surface area contributed by atoms with Crippen molar-refractivity contribution in [2.24, 2.45) is 0 Å². The lowest BCUT2D eigenvalue weighted by atomic mass is 10.2. The second-order valence-corrected chi connectivity index (χ2v) is 4.22. The summed E-state index contributed by atoms with van der Waals surface area (Å²) >= 11 is 0. The molecular weight excluding hydrogens is 162 g/mol. The van der Waals surface area contributed by atoms with Crippen LogP contribution < -0.4 is 4.48 Å². The Bertz CT molecular complexity index is 259. The summed E-state index contributed by atoms with van der Waals surface area (Å²) in [5, 5.41) is 7.45. The van der Waals surface area contributed by atoms with Crippen molar-refractivity contribution in [1.82, 2.24) is 14.7 Å². The van der Waals surface area contributed by atoms with Crippen molar-refractivity contribution < 1.29 is 0 Å². The molecule has 0 atom stereocenters. The average Bonchev–Trinajstić information content (AvgIpc) is 2.45. The second-order valence-electron chi connectivity index (χ2n) is 4.22. The molecule has 3 heteroatoms. The highest BCUT2D eigenvalue weighted by Gasteiger charge is 2.23. The Labute approximate surface area is 80.4 Å². The van der Waals surface area contributed by atoms with Crippen LogP contribution in [0.1, 0.15) is 25.2 Å². The molecule has 3 nitrogen and oxygen atoms in total. The van der Waals surface area contributed by atoms with E-state index in [4.69, 9.17) is 0 Å². The van der Waals surface area contributed by atoms with Gasteiger partial charge in [0.25, 0.3) is 0 Å². The number of nitrogens with one attached hydrogen (secondary N) is 1. The SMILES string of the molecule is CCc1n[nH]c(CC)c1[N+](C)(C)C. The van der Waals surface area contributed by atoms with Gasteiger partial charge in [-0.1, -0.05) is 13.8 Å². The van der Waals surface area contributed by atoms with Gasteiger partial charge in [-0.2, -0.15) is 5.10 Å². The molecule has 0 radical (unpaired) electrons. The summed E-state index contributed by atoms with van der Waals surface area (Å²) in [7, 11) is 6.55. The van der Waals surface area contributed by atoms with Gasteiger partial charge in [0, 0.05) is 0 Å². The van der Waals surface area contributed by atoms with E-state index in [0.717, 1.165) is 17.3 Å². The molecule has 0 aliphatic carbocycles. The fraction of sp³-hybridized carbons (Fsp3) is 0.700. The number of H-pyrrole nitrogens is 1. The maximum atomic E-state index is 4.33. The molecule has 0 saturated heterocycles. The molecule has 0 aliphatic heterocycles. The topological polar surface area (TPSA) is 28.7 Å². The van der Waals surface area contributed by atoms with Crippen LogP contribution in [0.4, 0.5) is 5.69 Å². The lowest BCUT2D eigenvalue weighted by Gasteiger charge is -2.24. The largest absolute Gasteiger partial charge is 0.295 e. The third kappa shape index (κ3) is 1.91. The average molecular weight is 182 g/mol. The molecule has 0 amide bonds. The molecule has 1 rings (SSSR count). The minimum atomic E-state index is 0.850. The van der Waals surface area contributed by atoms with Crippen molar-refractivity contribution in [2.45, 2.75) is 26.7 Å². The van der Waals surface area contributed by atoms with Gasteiger partial charge in [-0.3, -0.25) is 9.58 Å². The number of hydrogen-bond donors (Lipinski definition) is 1. The van der Waals surface area contributed by atoms with Crippen LogP contribution in [0, 0.1) is 0 Å². The standard InChI is InChI=1S/C10H20N3/c1-6-8-10(13(3,4)5)9(7-2)12-11-8/h6-7H2,1-5H3,(H,11,12)/q+1.